The first-order chi connectivity index (χ1) is 9.31. The summed E-state index contributed by atoms with van der Waals surface area (Å²) in [7, 11) is 0. The van der Waals surface area contributed by atoms with Crippen molar-refractivity contribution in [2.75, 3.05) is 11.4 Å². The summed E-state index contributed by atoms with van der Waals surface area (Å²) in [6, 6.07) is 17.8. The Bertz CT molecular complexity index is 577. The number of fused-ring (bicyclic) bond motifs is 1. The van der Waals surface area contributed by atoms with Crippen LogP contribution in [0.15, 0.2) is 48.5 Å². The molecule has 0 fully saturated rings. The number of hydrogen-bond acceptors (Lipinski definition) is 2. The largest absolute Gasteiger partial charge is 0.338 e. The summed E-state index contributed by atoms with van der Waals surface area (Å²) in [6.45, 7) is 2.99. The molecule has 3 rings (SSSR count). The molecule has 0 saturated heterocycles. The van der Waals surface area contributed by atoms with Gasteiger partial charge in [0.25, 0.3) is 0 Å². The molecule has 0 radical (unpaired) electrons. The molecule has 98 valence electrons. The van der Waals surface area contributed by atoms with Crippen molar-refractivity contribution >= 4 is 11.4 Å². The van der Waals surface area contributed by atoms with Crippen molar-refractivity contribution in [3.05, 3.63) is 59.7 Å². The van der Waals surface area contributed by atoms with E-state index in [1.807, 2.05) is 0 Å². The third kappa shape index (κ3) is 2.13. The normalized spacial score (nSPS) is 17.6. The lowest BCUT2D eigenvalue weighted by atomic mass is 10.1. The van der Waals surface area contributed by atoms with Crippen LogP contribution < -0.4 is 10.6 Å². The zero-order chi connectivity index (χ0) is 13.2. The van der Waals surface area contributed by atoms with Crippen LogP contribution in [0.3, 0.4) is 0 Å². The third-order valence-electron chi connectivity index (χ3n) is 3.87. The van der Waals surface area contributed by atoms with Crippen LogP contribution in [-0.2, 0) is 12.8 Å². The van der Waals surface area contributed by atoms with Gasteiger partial charge >= 0.3 is 0 Å². The van der Waals surface area contributed by atoms with Crippen LogP contribution in [0.4, 0.5) is 11.4 Å². The summed E-state index contributed by atoms with van der Waals surface area (Å²) in [5, 5.41) is 0. The summed E-state index contributed by atoms with van der Waals surface area (Å²) >= 11 is 0. The molecule has 0 bridgehead atoms. The molecule has 2 N–H and O–H groups in total. The van der Waals surface area contributed by atoms with Crippen LogP contribution in [0.25, 0.3) is 0 Å². The Hall–Kier alpha value is -1.80. The van der Waals surface area contributed by atoms with E-state index in [0.717, 1.165) is 12.8 Å². The highest BCUT2D eigenvalue weighted by Crippen LogP contribution is 2.39. The van der Waals surface area contributed by atoms with Crippen molar-refractivity contribution in [2.24, 2.45) is 5.73 Å². The quantitative estimate of drug-likeness (QED) is 0.908. The van der Waals surface area contributed by atoms with Crippen molar-refractivity contribution in [3.8, 4) is 0 Å². The molecule has 0 saturated carbocycles. The molecule has 2 aromatic carbocycles. The van der Waals surface area contributed by atoms with Gasteiger partial charge < -0.3 is 10.6 Å². The highest BCUT2D eigenvalue weighted by Gasteiger charge is 2.27. The topological polar surface area (TPSA) is 29.3 Å². The first-order valence-corrected chi connectivity index (χ1v) is 6.96. The molecular formula is C17H20N2. The lowest BCUT2D eigenvalue weighted by Gasteiger charge is -2.27. The average Bonchev–Trinajstić information content (AvgIpc) is 2.76. The summed E-state index contributed by atoms with van der Waals surface area (Å²) in [5.74, 6) is 0. The van der Waals surface area contributed by atoms with E-state index in [1.165, 1.54) is 22.5 Å². The Morgan fingerprint density at radius 3 is 2.53 bits per heavy atom. The van der Waals surface area contributed by atoms with Crippen LogP contribution in [0.1, 0.15) is 18.1 Å². The molecule has 0 aromatic heterocycles. The van der Waals surface area contributed by atoms with E-state index in [1.54, 1.807) is 0 Å². The molecular weight excluding hydrogens is 232 g/mol. The summed E-state index contributed by atoms with van der Waals surface area (Å²) in [6.07, 6.45) is 2.05. The van der Waals surface area contributed by atoms with Gasteiger partial charge in [0.2, 0.25) is 0 Å². The van der Waals surface area contributed by atoms with Crippen LogP contribution in [0, 0.1) is 0 Å². The van der Waals surface area contributed by atoms with Crippen molar-refractivity contribution in [3.63, 3.8) is 0 Å². The lowest BCUT2D eigenvalue weighted by Crippen LogP contribution is -2.25. The van der Waals surface area contributed by atoms with E-state index in [-0.39, 0.29) is 0 Å². The lowest BCUT2D eigenvalue weighted by molar-refractivity contribution is 0.754. The zero-order valence-corrected chi connectivity index (χ0v) is 11.3. The second-order valence-electron chi connectivity index (χ2n) is 5.22. The minimum atomic E-state index is 0.510. The molecule has 2 heteroatoms. The highest BCUT2D eigenvalue weighted by molar-refractivity contribution is 5.73. The fraction of sp³-hybridized carbons (Fsp3) is 0.294. The second-order valence-corrected chi connectivity index (χ2v) is 5.22. The molecule has 0 spiro atoms. The number of nitrogens with zero attached hydrogens (tertiary/aromatic N) is 1. The Labute approximate surface area is 114 Å². The standard InChI is InChI=1S/C17H20N2/c1-13-12-15-7-3-5-9-17(15)19(13)16-8-4-2-6-14(16)10-11-18/h2-9,13H,10-12,18H2,1H3. The van der Waals surface area contributed by atoms with Crippen molar-refractivity contribution in [1.29, 1.82) is 0 Å². The number of benzene rings is 2. The number of hydrogen-bond donors (Lipinski definition) is 1. The van der Waals surface area contributed by atoms with E-state index >= 15 is 0 Å². The molecule has 0 aliphatic carbocycles. The molecule has 1 aliphatic rings. The summed E-state index contributed by atoms with van der Waals surface area (Å²) in [4.78, 5) is 2.46. The van der Waals surface area contributed by atoms with Crippen LogP contribution in [-0.4, -0.2) is 12.6 Å². The molecule has 1 heterocycles. The monoisotopic (exact) mass is 252 g/mol. The van der Waals surface area contributed by atoms with Gasteiger partial charge in [0.05, 0.1) is 0 Å². The van der Waals surface area contributed by atoms with Gasteiger partial charge in [0, 0.05) is 17.4 Å². The minimum Gasteiger partial charge on any atom is -0.338 e. The number of anilines is 2. The van der Waals surface area contributed by atoms with Gasteiger partial charge in [-0.25, -0.2) is 0 Å². The highest BCUT2D eigenvalue weighted by atomic mass is 15.2. The number of nitrogens with two attached hydrogens (primary N) is 1. The van der Waals surface area contributed by atoms with Crippen molar-refractivity contribution in [1.82, 2.24) is 0 Å². The maximum Gasteiger partial charge on any atom is 0.0446 e. The molecule has 19 heavy (non-hydrogen) atoms. The van der Waals surface area contributed by atoms with Crippen LogP contribution in [0.2, 0.25) is 0 Å². The molecule has 1 unspecified atom stereocenters. The Kier molecular flexibility index (Phi) is 3.26. The Morgan fingerprint density at radius 1 is 1.05 bits per heavy atom. The third-order valence-corrected chi connectivity index (χ3v) is 3.87. The molecule has 1 atom stereocenters. The fourth-order valence-corrected chi connectivity index (χ4v) is 3.05. The second kappa shape index (κ2) is 5.06. The van der Waals surface area contributed by atoms with Gasteiger partial charge in [-0.1, -0.05) is 36.4 Å². The van der Waals surface area contributed by atoms with Gasteiger partial charge in [-0.2, -0.15) is 0 Å². The number of para-hydroxylation sites is 2. The van der Waals surface area contributed by atoms with Crippen molar-refractivity contribution in [2.45, 2.75) is 25.8 Å². The Balaban J connectivity index is 2.07. The van der Waals surface area contributed by atoms with E-state index < -0.39 is 0 Å². The van der Waals surface area contributed by atoms with Gasteiger partial charge in [-0.05, 0) is 49.6 Å². The van der Waals surface area contributed by atoms with E-state index in [0.29, 0.717) is 12.6 Å². The maximum atomic E-state index is 5.74. The van der Waals surface area contributed by atoms with Crippen LogP contribution >= 0.6 is 0 Å². The fourth-order valence-electron chi connectivity index (χ4n) is 3.05. The van der Waals surface area contributed by atoms with Crippen LogP contribution in [0.5, 0.6) is 0 Å². The van der Waals surface area contributed by atoms with E-state index in [4.69, 9.17) is 5.73 Å². The predicted octanol–water partition coefficient (Wildman–Crippen LogP) is 3.27. The molecule has 0 amide bonds. The summed E-state index contributed by atoms with van der Waals surface area (Å²) in [5.41, 5.74) is 11.2. The maximum absolute atomic E-state index is 5.74. The first-order valence-electron chi connectivity index (χ1n) is 6.96. The smallest absolute Gasteiger partial charge is 0.0446 e. The van der Waals surface area contributed by atoms with E-state index in [9.17, 15) is 0 Å². The molecule has 1 aliphatic heterocycles. The van der Waals surface area contributed by atoms with Crippen molar-refractivity contribution < 1.29 is 0 Å². The van der Waals surface area contributed by atoms with Gasteiger partial charge in [0.15, 0.2) is 0 Å². The zero-order valence-electron chi connectivity index (χ0n) is 11.3. The predicted molar refractivity (Wildman–Crippen MR) is 80.9 cm³/mol. The van der Waals surface area contributed by atoms with Gasteiger partial charge in [-0.15, -0.1) is 0 Å². The molecule has 2 aromatic rings. The first kappa shape index (κ1) is 12.2. The summed E-state index contributed by atoms with van der Waals surface area (Å²) < 4.78 is 0. The number of rotatable bonds is 3. The molecule has 2 nitrogen and oxygen atoms in total. The Morgan fingerprint density at radius 2 is 1.74 bits per heavy atom. The van der Waals surface area contributed by atoms with Gasteiger partial charge in [0.1, 0.15) is 0 Å². The minimum absolute atomic E-state index is 0.510. The SMILES string of the molecule is CC1Cc2ccccc2N1c1ccccc1CCN. The average molecular weight is 252 g/mol. The van der Waals surface area contributed by atoms with Gasteiger partial charge in [-0.3, -0.25) is 0 Å². The van der Waals surface area contributed by atoms with E-state index in [2.05, 4.69) is 60.4 Å².